The first-order valence-electron chi connectivity index (χ1n) is 9.72. The molecule has 0 saturated heterocycles. The van der Waals surface area contributed by atoms with E-state index in [1.165, 1.54) is 16.3 Å². The summed E-state index contributed by atoms with van der Waals surface area (Å²) in [6, 6.07) is 14.4. The van der Waals surface area contributed by atoms with Gasteiger partial charge in [-0.25, -0.2) is 0 Å². The number of fused-ring (bicyclic) bond motifs is 1. The number of amides is 1. The van der Waals surface area contributed by atoms with E-state index >= 15 is 0 Å². The minimum absolute atomic E-state index is 0.184. The first-order valence-corrected chi connectivity index (χ1v) is 10.6. The molecule has 1 amide bonds. The summed E-state index contributed by atoms with van der Waals surface area (Å²) in [5.41, 5.74) is 1.18. The SMILES string of the molecule is COc1cc(NC(=O)C(C)Sc2nnc3c(=O)n(-c4ccccc4)ccn23)cc(OC)c1. The Balaban J connectivity index is 1.54. The second-order valence-corrected chi connectivity index (χ2v) is 8.14. The van der Waals surface area contributed by atoms with E-state index in [2.05, 4.69) is 15.5 Å². The number of thioether (sulfide) groups is 1. The maximum atomic E-state index is 12.9. The van der Waals surface area contributed by atoms with Crippen LogP contribution < -0.4 is 20.3 Å². The van der Waals surface area contributed by atoms with Crippen LogP contribution in [0.15, 0.2) is 70.9 Å². The van der Waals surface area contributed by atoms with Crippen LogP contribution in [0, 0.1) is 0 Å². The molecule has 2 aromatic heterocycles. The number of carbonyl (C=O) groups excluding carboxylic acids is 1. The molecule has 0 spiro atoms. The highest BCUT2D eigenvalue weighted by Crippen LogP contribution is 2.27. The summed E-state index contributed by atoms with van der Waals surface area (Å²) in [6.45, 7) is 1.75. The van der Waals surface area contributed by atoms with Crippen LogP contribution in [0.5, 0.6) is 11.5 Å². The van der Waals surface area contributed by atoms with Crippen molar-refractivity contribution in [1.29, 1.82) is 0 Å². The number of ether oxygens (including phenoxy) is 2. The van der Waals surface area contributed by atoms with Crippen molar-refractivity contribution in [2.75, 3.05) is 19.5 Å². The van der Waals surface area contributed by atoms with Crippen LogP contribution in [-0.2, 0) is 4.79 Å². The summed E-state index contributed by atoms with van der Waals surface area (Å²) < 4.78 is 13.6. The van der Waals surface area contributed by atoms with Crippen molar-refractivity contribution < 1.29 is 14.3 Å². The van der Waals surface area contributed by atoms with Gasteiger partial charge in [-0.15, -0.1) is 10.2 Å². The summed E-state index contributed by atoms with van der Waals surface area (Å²) in [7, 11) is 3.09. The van der Waals surface area contributed by atoms with Gasteiger partial charge in [0.25, 0.3) is 0 Å². The van der Waals surface area contributed by atoms with E-state index in [1.54, 1.807) is 56.1 Å². The number of para-hydroxylation sites is 1. The van der Waals surface area contributed by atoms with E-state index in [1.807, 2.05) is 30.3 Å². The second kappa shape index (κ2) is 9.15. The molecule has 2 aromatic carbocycles. The molecule has 32 heavy (non-hydrogen) atoms. The largest absolute Gasteiger partial charge is 0.497 e. The fourth-order valence-corrected chi connectivity index (χ4v) is 3.90. The summed E-state index contributed by atoms with van der Waals surface area (Å²) in [4.78, 5) is 25.6. The van der Waals surface area contributed by atoms with Crippen molar-refractivity contribution in [2.24, 2.45) is 0 Å². The van der Waals surface area contributed by atoms with Crippen LogP contribution in [0.25, 0.3) is 11.3 Å². The normalized spacial score (nSPS) is 11.8. The number of benzene rings is 2. The zero-order valence-corrected chi connectivity index (χ0v) is 18.5. The topological polar surface area (TPSA) is 99.8 Å². The van der Waals surface area contributed by atoms with Gasteiger partial charge in [-0.3, -0.25) is 18.6 Å². The fraction of sp³-hybridized carbons (Fsp3) is 0.182. The first kappa shape index (κ1) is 21.4. The predicted molar refractivity (Wildman–Crippen MR) is 122 cm³/mol. The van der Waals surface area contributed by atoms with E-state index in [0.717, 1.165) is 5.69 Å². The number of anilines is 1. The monoisotopic (exact) mass is 451 g/mol. The maximum Gasteiger partial charge on any atom is 0.300 e. The average molecular weight is 452 g/mol. The average Bonchev–Trinajstić information content (AvgIpc) is 3.23. The molecule has 1 N–H and O–H groups in total. The van der Waals surface area contributed by atoms with Crippen LogP contribution in [-0.4, -0.2) is 44.5 Å². The lowest BCUT2D eigenvalue weighted by atomic mass is 10.2. The molecule has 1 atom stereocenters. The number of rotatable bonds is 7. The standard InChI is InChI=1S/C22H21N5O4S/c1-14(20(28)23-15-11-17(30-2)13-18(12-15)31-3)32-22-25-24-19-21(29)26(9-10-27(19)22)16-7-5-4-6-8-16/h4-14H,1-3H3,(H,23,28). The van der Waals surface area contributed by atoms with Gasteiger partial charge in [0.05, 0.1) is 19.5 Å². The number of carbonyl (C=O) groups is 1. The number of hydrogen-bond donors (Lipinski definition) is 1. The molecule has 10 heteroatoms. The number of hydrogen-bond acceptors (Lipinski definition) is 7. The minimum Gasteiger partial charge on any atom is -0.497 e. The molecule has 0 saturated carbocycles. The van der Waals surface area contributed by atoms with Gasteiger partial charge in [0.15, 0.2) is 5.16 Å². The van der Waals surface area contributed by atoms with Crippen LogP contribution >= 0.6 is 11.8 Å². The Morgan fingerprint density at radius 3 is 2.38 bits per heavy atom. The summed E-state index contributed by atoms with van der Waals surface area (Å²) in [6.07, 6.45) is 3.37. The Hall–Kier alpha value is -3.79. The van der Waals surface area contributed by atoms with E-state index in [9.17, 15) is 9.59 Å². The van der Waals surface area contributed by atoms with Gasteiger partial charge < -0.3 is 14.8 Å². The van der Waals surface area contributed by atoms with Crippen molar-refractivity contribution in [2.45, 2.75) is 17.3 Å². The summed E-state index contributed by atoms with van der Waals surface area (Å²) in [5, 5.41) is 11.0. The van der Waals surface area contributed by atoms with Gasteiger partial charge in [0, 0.05) is 42.0 Å². The van der Waals surface area contributed by atoms with Gasteiger partial charge in [0.2, 0.25) is 11.6 Å². The molecular formula is C22H21N5O4S. The first-order chi connectivity index (χ1) is 15.5. The molecule has 0 aliphatic heterocycles. The van der Waals surface area contributed by atoms with Gasteiger partial charge in [-0.1, -0.05) is 30.0 Å². The van der Waals surface area contributed by atoms with E-state index < -0.39 is 5.25 Å². The highest BCUT2D eigenvalue weighted by Gasteiger charge is 2.20. The van der Waals surface area contributed by atoms with Gasteiger partial charge in [-0.2, -0.15) is 0 Å². The number of methoxy groups -OCH3 is 2. The summed E-state index contributed by atoms with van der Waals surface area (Å²) in [5.74, 6) is 0.899. The van der Waals surface area contributed by atoms with Gasteiger partial charge >= 0.3 is 5.56 Å². The van der Waals surface area contributed by atoms with E-state index in [-0.39, 0.29) is 17.1 Å². The van der Waals surface area contributed by atoms with Gasteiger partial charge in [-0.05, 0) is 19.1 Å². The number of aromatic nitrogens is 4. The predicted octanol–water partition coefficient (Wildman–Crippen LogP) is 3.02. The van der Waals surface area contributed by atoms with Crippen molar-refractivity contribution in [1.82, 2.24) is 19.2 Å². The second-order valence-electron chi connectivity index (χ2n) is 6.84. The smallest absolute Gasteiger partial charge is 0.300 e. The van der Waals surface area contributed by atoms with Crippen LogP contribution in [0.4, 0.5) is 5.69 Å². The molecule has 0 bridgehead atoms. The molecule has 0 aliphatic carbocycles. The Morgan fingerprint density at radius 1 is 1.03 bits per heavy atom. The van der Waals surface area contributed by atoms with Crippen LogP contribution in [0.3, 0.4) is 0 Å². The lowest BCUT2D eigenvalue weighted by molar-refractivity contribution is -0.115. The molecule has 0 aliphatic rings. The van der Waals surface area contributed by atoms with Gasteiger partial charge in [0.1, 0.15) is 11.5 Å². The lowest BCUT2D eigenvalue weighted by Gasteiger charge is -2.13. The van der Waals surface area contributed by atoms with Crippen molar-refractivity contribution in [3.63, 3.8) is 0 Å². The number of nitrogens with zero attached hydrogens (tertiary/aromatic N) is 4. The van der Waals surface area contributed by atoms with Crippen molar-refractivity contribution in [3.05, 3.63) is 71.3 Å². The zero-order chi connectivity index (χ0) is 22.7. The molecule has 164 valence electrons. The molecule has 0 fully saturated rings. The molecule has 4 rings (SSSR count). The highest BCUT2D eigenvalue weighted by molar-refractivity contribution is 8.00. The molecule has 1 unspecified atom stereocenters. The zero-order valence-electron chi connectivity index (χ0n) is 17.7. The van der Waals surface area contributed by atoms with Crippen LogP contribution in [0.1, 0.15) is 6.92 Å². The Kier molecular flexibility index (Phi) is 6.13. The molecule has 9 nitrogen and oxygen atoms in total. The third kappa shape index (κ3) is 4.30. The van der Waals surface area contributed by atoms with E-state index in [4.69, 9.17) is 9.47 Å². The van der Waals surface area contributed by atoms with E-state index in [0.29, 0.717) is 22.3 Å². The third-order valence-corrected chi connectivity index (χ3v) is 5.80. The minimum atomic E-state index is -0.504. The third-order valence-electron chi connectivity index (χ3n) is 4.74. The quantitative estimate of drug-likeness (QED) is 0.431. The maximum absolute atomic E-state index is 12.9. The van der Waals surface area contributed by atoms with Crippen LogP contribution in [0.2, 0.25) is 0 Å². The lowest BCUT2D eigenvalue weighted by Crippen LogP contribution is -2.23. The molecule has 0 radical (unpaired) electrons. The number of nitrogens with one attached hydrogen (secondary N) is 1. The fourth-order valence-electron chi connectivity index (χ4n) is 3.07. The molecule has 2 heterocycles. The van der Waals surface area contributed by atoms with Crippen molar-refractivity contribution in [3.8, 4) is 17.2 Å². The highest BCUT2D eigenvalue weighted by atomic mass is 32.2. The molecular weight excluding hydrogens is 430 g/mol. The Labute approximate surface area is 188 Å². The Bertz CT molecular complexity index is 1300. The molecule has 4 aromatic rings. The Morgan fingerprint density at radius 2 is 1.72 bits per heavy atom. The van der Waals surface area contributed by atoms with Crippen molar-refractivity contribution >= 4 is 29.0 Å². The summed E-state index contributed by atoms with van der Waals surface area (Å²) >= 11 is 1.20.